The van der Waals surface area contributed by atoms with Crippen molar-refractivity contribution in [1.82, 2.24) is 0 Å². The predicted molar refractivity (Wildman–Crippen MR) is 74.8 cm³/mol. The molecule has 2 N–H and O–H groups in total. The number of halogens is 1. The van der Waals surface area contributed by atoms with E-state index in [-0.39, 0.29) is 5.82 Å². The average Bonchev–Trinajstić information content (AvgIpc) is 2.37. The minimum atomic E-state index is -1.01. The summed E-state index contributed by atoms with van der Waals surface area (Å²) in [6, 6.07) is 5.76. The molecule has 0 saturated heterocycles. The molecule has 0 aliphatic carbocycles. The van der Waals surface area contributed by atoms with Crippen molar-refractivity contribution in [3.63, 3.8) is 0 Å². The smallest absolute Gasteiger partial charge is 0.329 e. The lowest BCUT2D eigenvalue weighted by molar-refractivity contribution is -0.142. The lowest BCUT2D eigenvalue weighted by atomic mass is 9.93. The number of hydrogen-bond acceptors (Lipinski definition) is 2. The molecule has 0 aromatic heterocycles. The van der Waals surface area contributed by atoms with Crippen molar-refractivity contribution < 1.29 is 14.3 Å². The molecule has 1 aromatic carbocycles. The molecule has 1 atom stereocenters. The van der Waals surface area contributed by atoms with Crippen LogP contribution < -0.4 is 5.32 Å². The fourth-order valence-corrected chi connectivity index (χ4v) is 1.98. The molecule has 0 fully saturated rings. The van der Waals surface area contributed by atoms with E-state index in [9.17, 15) is 14.3 Å². The molecule has 19 heavy (non-hydrogen) atoms. The van der Waals surface area contributed by atoms with Gasteiger partial charge in [-0.05, 0) is 37.6 Å². The lowest BCUT2D eigenvalue weighted by Crippen LogP contribution is -2.43. The van der Waals surface area contributed by atoms with Crippen LogP contribution in [-0.4, -0.2) is 16.6 Å². The summed E-state index contributed by atoms with van der Waals surface area (Å²) >= 11 is 0. The summed E-state index contributed by atoms with van der Waals surface area (Å²) in [5.41, 5.74) is -0.382. The number of anilines is 1. The third kappa shape index (κ3) is 4.89. The van der Waals surface area contributed by atoms with Gasteiger partial charge in [0.05, 0.1) is 0 Å². The predicted octanol–water partition coefficient (Wildman–Crippen LogP) is 4.05. The Morgan fingerprint density at radius 1 is 1.26 bits per heavy atom. The second kappa shape index (κ2) is 7.12. The van der Waals surface area contributed by atoms with Crippen LogP contribution >= 0.6 is 0 Å². The summed E-state index contributed by atoms with van der Waals surface area (Å²) in [7, 11) is 0. The third-order valence-corrected chi connectivity index (χ3v) is 3.27. The van der Waals surface area contributed by atoms with Gasteiger partial charge in [-0.3, -0.25) is 0 Å². The quantitative estimate of drug-likeness (QED) is 0.698. The summed E-state index contributed by atoms with van der Waals surface area (Å²) in [5.74, 6) is -1.21. The van der Waals surface area contributed by atoms with Crippen molar-refractivity contribution in [2.75, 3.05) is 5.32 Å². The van der Waals surface area contributed by atoms with Crippen LogP contribution in [0.15, 0.2) is 24.3 Å². The van der Waals surface area contributed by atoms with Crippen LogP contribution in [0.25, 0.3) is 0 Å². The maximum Gasteiger partial charge on any atom is 0.329 e. The summed E-state index contributed by atoms with van der Waals surface area (Å²) in [6.07, 6.45) is 4.69. The number of carboxylic acids is 1. The molecule has 1 aromatic rings. The van der Waals surface area contributed by atoms with Gasteiger partial charge in [0.25, 0.3) is 0 Å². The maximum atomic E-state index is 12.8. The van der Waals surface area contributed by atoms with E-state index < -0.39 is 11.5 Å². The number of nitrogens with one attached hydrogen (secondary N) is 1. The fraction of sp³-hybridized carbons (Fsp3) is 0.533. The van der Waals surface area contributed by atoms with E-state index in [2.05, 4.69) is 12.2 Å². The Hall–Kier alpha value is -1.58. The Balaban J connectivity index is 2.65. The molecule has 1 rings (SSSR count). The molecule has 0 amide bonds. The number of hydrogen-bond donors (Lipinski definition) is 2. The Labute approximate surface area is 113 Å². The number of benzene rings is 1. The van der Waals surface area contributed by atoms with Crippen LogP contribution in [-0.2, 0) is 4.79 Å². The van der Waals surface area contributed by atoms with E-state index >= 15 is 0 Å². The number of unbranched alkanes of at least 4 members (excludes halogenated alkanes) is 3. The standard InChI is InChI=1S/C15H22FNO2/c1-3-4-5-6-11-15(2,14(18)19)17-13-9-7-12(16)8-10-13/h7-10,17H,3-6,11H2,1-2H3,(H,18,19). The first-order valence-corrected chi connectivity index (χ1v) is 6.75. The number of carbonyl (C=O) groups is 1. The van der Waals surface area contributed by atoms with Gasteiger partial charge in [-0.2, -0.15) is 0 Å². The Morgan fingerprint density at radius 2 is 1.89 bits per heavy atom. The highest BCUT2D eigenvalue weighted by Gasteiger charge is 2.32. The Kier molecular flexibility index (Phi) is 5.80. The van der Waals surface area contributed by atoms with E-state index in [1.807, 2.05) is 0 Å². The van der Waals surface area contributed by atoms with Gasteiger partial charge in [0, 0.05) is 5.69 Å². The molecule has 106 valence electrons. The molecule has 0 bridgehead atoms. The minimum absolute atomic E-state index is 0.328. The second-order valence-corrected chi connectivity index (χ2v) is 5.08. The molecule has 0 spiro atoms. The van der Waals surface area contributed by atoms with Crippen molar-refractivity contribution in [1.29, 1.82) is 0 Å². The van der Waals surface area contributed by atoms with E-state index in [0.717, 1.165) is 25.7 Å². The molecular weight excluding hydrogens is 245 g/mol. The zero-order valence-corrected chi connectivity index (χ0v) is 11.6. The van der Waals surface area contributed by atoms with Crippen molar-refractivity contribution in [3.8, 4) is 0 Å². The van der Waals surface area contributed by atoms with E-state index in [1.165, 1.54) is 12.1 Å². The summed E-state index contributed by atoms with van der Waals surface area (Å²) in [6.45, 7) is 3.79. The summed E-state index contributed by atoms with van der Waals surface area (Å²) in [5, 5.41) is 12.4. The molecule has 0 heterocycles. The monoisotopic (exact) mass is 267 g/mol. The minimum Gasteiger partial charge on any atom is -0.480 e. The topological polar surface area (TPSA) is 49.3 Å². The molecule has 4 heteroatoms. The maximum absolute atomic E-state index is 12.8. The highest BCUT2D eigenvalue weighted by Crippen LogP contribution is 2.22. The van der Waals surface area contributed by atoms with Gasteiger partial charge >= 0.3 is 5.97 Å². The molecule has 0 radical (unpaired) electrons. The molecule has 3 nitrogen and oxygen atoms in total. The molecule has 0 aliphatic heterocycles. The largest absolute Gasteiger partial charge is 0.480 e. The van der Waals surface area contributed by atoms with Crippen LogP contribution in [0, 0.1) is 5.82 Å². The van der Waals surface area contributed by atoms with Gasteiger partial charge in [-0.1, -0.05) is 32.6 Å². The normalized spacial score (nSPS) is 13.8. The number of rotatable bonds is 8. The van der Waals surface area contributed by atoms with Crippen molar-refractivity contribution >= 4 is 11.7 Å². The Bertz CT molecular complexity index is 405. The van der Waals surface area contributed by atoms with Crippen molar-refractivity contribution in [3.05, 3.63) is 30.1 Å². The Morgan fingerprint density at radius 3 is 2.42 bits per heavy atom. The zero-order valence-electron chi connectivity index (χ0n) is 11.6. The first kappa shape index (κ1) is 15.5. The highest BCUT2D eigenvalue weighted by molar-refractivity contribution is 5.82. The molecular formula is C15H22FNO2. The highest BCUT2D eigenvalue weighted by atomic mass is 19.1. The number of carboxylic acid groups (broad SMARTS) is 1. The van der Waals surface area contributed by atoms with E-state index in [1.54, 1.807) is 19.1 Å². The van der Waals surface area contributed by atoms with Crippen LogP contribution in [0.5, 0.6) is 0 Å². The summed E-state index contributed by atoms with van der Waals surface area (Å²) < 4.78 is 12.8. The van der Waals surface area contributed by atoms with Gasteiger partial charge in [0.15, 0.2) is 0 Å². The SMILES string of the molecule is CCCCCCC(C)(Nc1ccc(F)cc1)C(=O)O. The van der Waals surface area contributed by atoms with Gasteiger partial charge in [-0.25, -0.2) is 9.18 Å². The number of aliphatic carboxylic acids is 1. The van der Waals surface area contributed by atoms with Gasteiger partial charge in [0.2, 0.25) is 0 Å². The average molecular weight is 267 g/mol. The lowest BCUT2D eigenvalue weighted by Gasteiger charge is -2.27. The fourth-order valence-electron chi connectivity index (χ4n) is 1.98. The van der Waals surface area contributed by atoms with Gasteiger partial charge < -0.3 is 10.4 Å². The first-order chi connectivity index (χ1) is 8.98. The summed E-state index contributed by atoms with van der Waals surface area (Å²) in [4.78, 5) is 11.4. The second-order valence-electron chi connectivity index (χ2n) is 5.08. The third-order valence-electron chi connectivity index (χ3n) is 3.27. The van der Waals surface area contributed by atoms with Crippen LogP contribution in [0.4, 0.5) is 10.1 Å². The zero-order chi connectivity index (χ0) is 14.3. The van der Waals surface area contributed by atoms with E-state index in [0.29, 0.717) is 12.1 Å². The van der Waals surface area contributed by atoms with Gasteiger partial charge in [0.1, 0.15) is 11.4 Å². The molecule has 1 unspecified atom stereocenters. The van der Waals surface area contributed by atoms with Crippen molar-refractivity contribution in [2.24, 2.45) is 0 Å². The first-order valence-electron chi connectivity index (χ1n) is 6.75. The van der Waals surface area contributed by atoms with Crippen molar-refractivity contribution in [2.45, 2.75) is 51.5 Å². The molecule has 0 saturated carbocycles. The molecule has 0 aliphatic rings. The van der Waals surface area contributed by atoms with Gasteiger partial charge in [-0.15, -0.1) is 0 Å². The van der Waals surface area contributed by atoms with Crippen LogP contribution in [0.3, 0.4) is 0 Å². The van der Waals surface area contributed by atoms with Crippen LogP contribution in [0.1, 0.15) is 46.0 Å². The van der Waals surface area contributed by atoms with Crippen LogP contribution in [0.2, 0.25) is 0 Å². The van der Waals surface area contributed by atoms with E-state index in [4.69, 9.17) is 0 Å².